The van der Waals surface area contributed by atoms with E-state index in [9.17, 15) is 18.4 Å². The van der Waals surface area contributed by atoms with Crippen LogP contribution in [-0.2, 0) is 17.9 Å². The third kappa shape index (κ3) is 6.64. The zero-order valence-electron chi connectivity index (χ0n) is 18.8. The normalized spacial score (nSPS) is 11.5. The molecule has 0 saturated carbocycles. The van der Waals surface area contributed by atoms with E-state index in [1.165, 1.54) is 13.0 Å². The first-order valence-electron chi connectivity index (χ1n) is 10.6. The average Bonchev–Trinajstić information content (AvgIpc) is 2.83. The number of primary amides is 1. The molecule has 1 atom stereocenters. The van der Waals surface area contributed by atoms with Gasteiger partial charge in [-0.1, -0.05) is 25.1 Å². The first-order valence-corrected chi connectivity index (χ1v) is 10.6. The molecule has 3 aromatic rings. The quantitative estimate of drug-likeness (QED) is 0.341. The number of halogens is 2. The van der Waals surface area contributed by atoms with Crippen molar-refractivity contribution in [3.05, 3.63) is 71.3 Å². The van der Waals surface area contributed by atoms with Crippen molar-refractivity contribution < 1.29 is 33.0 Å². The Morgan fingerprint density at radius 2 is 1.77 bits per heavy atom. The number of ether oxygens (including phenoxy) is 2. The molecule has 0 aliphatic carbocycles. The van der Waals surface area contributed by atoms with Crippen LogP contribution in [-0.4, -0.2) is 28.2 Å². The summed E-state index contributed by atoms with van der Waals surface area (Å²) in [6, 6.07) is 12.0. The summed E-state index contributed by atoms with van der Waals surface area (Å²) in [4.78, 5) is 26.1. The molecule has 2 aromatic carbocycles. The first kappa shape index (κ1) is 25.4. The summed E-state index contributed by atoms with van der Waals surface area (Å²) in [7, 11) is 0. The Labute approximate surface area is 199 Å². The van der Waals surface area contributed by atoms with E-state index >= 15 is 0 Å². The second-order valence-corrected chi connectivity index (χ2v) is 7.51. The van der Waals surface area contributed by atoms with Gasteiger partial charge >= 0.3 is 12.0 Å². The van der Waals surface area contributed by atoms with Gasteiger partial charge in [0.1, 0.15) is 5.75 Å². The monoisotopic (exact) mass is 486 g/mol. The number of nitrogens with two attached hydrogens (primary N) is 2. The van der Waals surface area contributed by atoms with Crippen molar-refractivity contribution in [1.82, 2.24) is 10.3 Å². The van der Waals surface area contributed by atoms with Gasteiger partial charge in [0.15, 0.2) is 17.7 Å². The van der Waals surface area contributed by atoms with Crippen molar-refractivity contribution in [2.24, 2.45) is 11.5 Å². The first-order chi connectivity index (χ1) is 16.7. The molecule has 6 N–H and O–H groups in total. The number of aromatic nitrogens is 1. The Morgan fingerprint density at radius 1 is 1.06 bits per heavy atom. The second-order valence-electron chi connectivity index (χ2n) is 7.51. The Kier molecular flexibility index (Phi) is 8.16. The minimum absolute atomic E-state index is 0.0319. The number of benzene rings is 2. The van der Waals surface area contributed by atoms with Crippen LogP contribution in [0.5, 0.6) is 17.5 Å². The van der Waals surface area contributed by atoms with Crippen LogP contribution in [0, 0.1) is 11.6 Å². The summed E-state index contributed by atoms with van der Waals surface area (Å²) in [5, 5.41) is 11.6. The molecular formula is C24H24F2N4O5. The SMILES string of the molecule is CC[C@@H](Oc1nc(Oc2cc(CNC(N)=O)cc(-c3cccc(CN)c3)c2)c(F)cc1F)C(=O)O. The maximum Gasteiger partial charge on any atom is 0.344 e. The van der Waals surface area contributed by atoms with Gasteiger partial charge in [0, 0.05) is 19.2 Å². The Morgan fingerprint density at radius 3 is 2.43 bits per heavy atom. The van der Waals surface area contributed by atoms with Gasteiger partial charge in [0.05, 0.1) is 0 Å². The van der Waals surface area contributed by atoms with Crippen LogP contribution in [0.3, 0.4) is 0 Å². The van der Waals surface area contributed by atoms with E-state index < -0.39 is 41.5 Å². The van der Waals surface area contributed by atoms with Gasteiger partial charge in [-0.2, -0.15) is 4.98 Å². The largest absolute Gasteiger partial charge is 0.479 e. The Hall–Kier alpha value is -4.25. The van der Waals surface area contributed by atoms with E-state index in [-0.39, 0.29) is 18.7 Å². The van der Waals surface area contributed by atoms with Crippen LogP contribution in [0.15, 0.2) is 48.5 Å². The summed E-state index contributed by atoms with van der Waals surface area (Å²) >= 11 is 0. The molecule has 0 fully saturated rings. The van der Waals surface area contributed by atoms with Gasteiger partial charge in [-0.05, 0) is 52.9 Å². The zero-order chi connectivity index (χ0) is 25.5. The van der Waals surface area contributed by atoms with Crippen molar-refractivity contribution in [3.8, 4) is 28.6 Å². The summed E-state index contributed by atoms with van der Waals surface area (Å²) in [5.41, 5.74) is 13.8. The number of urea groups is 1. The lowest BCUT2D eigenvalue weighted by molar-refractivity contribution is -0.145. The van der Waals surface area contributed by atoms with E-state index in [0.717, 1.165) is 11.1 Å². The number of carboxylic acids is 1. The minimum Gasteiger partial charge on any atom is -0.479 e. The standard InChI is InChI=1S/C24H24F2N4O5/c1-2-20(23(31)32)35-22-19(26)10-18(25)21(30-22)34-17-8-14(12-29-24(28)33)7-16(9-17)15-5-3-4-13(6-15)11-27/h3-10,20H,2,11-12,27H2,1H3,(H,31,32)(H3,28,29,33)/t20-/m1/s1. The molecule has 0 bridgehead atoms. The third-order valence-electron chi connectivity index (χ3n) is 4.91. The topological polar surface area (TPSA) is 150 Å². The fourth-order valence-electron chi connectivity index (χ4n) is 3.20. The molecule has 11 heteroatoms. The average molecular weight is 486 g/mol. The smallest absolute Gasteiger partial charge is 0.344 e. The van der Waals surface area contributed by atoms with E-state index in [0.29, 0.717) is 23.7 Å². The van der Waals surface area contributed by atoms with Crippen molar-refractivity contribution in [3.63, 3.8) is 0 Å². The fourth-order valence-corrected chi connectivity index (χ4v) is 3.20. The molecule has 1 aromatic heterocycles. The number of aliphatic carboxylic acids is 1. The lowest BCUT2D eigenvalue weighted by atomic mass is 10.0. The number of rotatable bonds is 10. The van der Waals surface area contributed by atoms with Crippen LogP contribution < -0.4 is 26.3 Å². The minimum atomic E-state index is -1.38. The number of amides is 2. The predicted octanol–water partition coefficient (Wildman–Crippen LogP) is 3.69. The number of nitrogens with one attached hydrogen (secondary N) is 1. The molecule has 35 heavy (non-hydrogen) atoms. The molecule has 2 amide bonds. The van der Waals surface area contributed by atoms with Crippen LogP contribution in [0.4, 0.5) is 13.6 Å². The van der Waals surface area contributed by atoms with Crippen LogP contribution in [0.25, 0.3) is 11.1 Å². The van der Waals surface area contributed by atoms with Gasteiger partial charge in [-0.15, -0.1) is 0 Å². The van der Waals surface area contributed by atoms with Gasteiger partial charge in [0.2, 0.25) is 0 Å². The van der Waals surface area contributed by atoms with E-state index in [2.05, 4.69) is 10.3 Å². The van der Waals surface area contributed by atoms with Crippen molar-refractivity contribution in [2.75, 3.05) is 0 Å². The molecule has 0 spiro atoms. The highest BCUT2D eigenvalue weighted by molar-refractivity contribution is 5.73. The Bertz CT molecular complexity index is 1240. The number of hydrogen-bond donors (Lipinski definition) is 4. The molecule has 3 rings (SSSR count). The number of hydrogen-bond acceptors (Lipinski definition) is 6. The summed E-state index contributed by atoms with van der Waals surface area (Å²) < 4.78 is 39.4. The molecule has 0 aliphatic rings. The molecular weight excluding hydrogens is 462 g/mol. The fraction of sp³-hybridized carbons (Fsp3) is 0.208. The van der Waals surface area contributed by atoms with Crippen molar-refractivity contribution in [1.29, 1.82) is 0 Å². The molecule has 184 valence electrons. The molecule has 0 radical (unpaired) electrons. The molecule has 0 unspecified atom stereocenters. The summed E-state index contributed by atoms with van der Waals surface area (Å²) in [6.07, 6.45) is -1.34. The van der Waals surface area contributed by atoms with E-state index in [4.69, 9.17) is 26.0 Å². The van der Waals surface area contributed by atoms with Gasteiger partial charge < -0.3 is 31.4 Å². The van der Waals surface area contributed by atoms with Crippen LogP contribution >= 0.6 is 0 Å². The maximum absolute atomic E-state index is 14.5. The second kappa shape index (κ2) is 11.3. The molecule has 0 aliphatic heterocycles. The number of carbonyl (C=O) groups excluding carboxylic acids is 1. The predicted molar refractivity (Wildman–Crippen MR) is 123 cm³/mol. The zero-order valence-corrected chi connectivity index (χ0v) is 18.8. The number of pyridine rings is 1. The van der Waals surface area contributed by atoms with Gasteiger partial charge in [-0.3, -0.25) is 0 Å². The highest BCUT2D eigenvalue weighted by atomic mass is 19.1. The molecule has 0 saturated heterocycles. The molecule has 9 nitrogen and oxygen atoms in total. The third-order valence-corrected chi connectivity index (χ3v) is 4.91. The van der Waals surface area contributed by atoms with Crippen LogP contribution in [0.1, 0.15) is 24.5 Å². The molecule has 1 heterocycles. The van der Waals surface area contributed by atoms with Gasteiger partial charge in [0.25, 0.3) is 11.8 Å². The number of carboxylic acid groups (broad SMARTS) is 1. The highest BCUT2D eigenvalue weighted by Gasteiger charge is 2.22. The van der Waals surface area contributed by atoms with Gasteiger partial charge in [-0.25, -0.2) is 18.4 Å². The van der Waals surface area contributed by atoms with Crippen LogP contribution in [0.2, 0.25) is 0 Å². The highest BCUT2D eigenvalue weighted by Crippen LogP contribution is 2.32. The number of nitrogens with zero attached hydrogens (tertiary/aromatic N) is 1. The lowest BCUT2D eigenvalue weighted by Crippen LogP contribution is -2.28. The lowest BCUT2D eigenvalue weighted by Gasteiger charge is -2.15. The van der Waals surface area contributed by atoms with E-state index in [1.807, 2.05) is 24.3 Å². The maximum atomic E-state index is 14.5. The van der Waals surface area contributed by atoms with Crippen molar-refractivity contribution in [2.45, 2.75) is 32.5 Å². The van der Waals surface area contributed by atoms with E-state index in [1.54, 1.807) is 12.1 Å². The summed E-state index contributed by atoms with van der Waals surface area (Å²) in [6.45, 7) is 1.91. The number of carbonyl (C=O) groups is 2. The van der Waals surface area contributed by atoms with Crippen molar-refractivity contribution >= 4 is 12.0 Å². The summed E-state index contributed by atoms with van der Waals surface area (Å²) in [5.74, 6) is -4.82. The Balaban J connectivity index is 2.00.